The van der Waals surface area contributed by atoms with Gasteiger partial charge in [0.15, 0.2) is 0 Å². The summed E-state index contributed by atoms with van der Waals surface area (Å²) in [7, 11) is 0. The predicted molar refractivity (Wildman–Crippen MR) is 115 cm³/mol. The van der Waals surface area contributed by atoms with Crippen molar-refractivity contribution in [1.82, 2.24) is 14.8 Å². The third-order valence-corrected chi connectivity index (χ3v) is 6.27. The number of hydrogen-bond donors (Lipinski definition) is 0. The van der Waals surface area contributed by atoms with E-state index in [9.17, 15) is 4.79 Å². The van der Waals surface area contributed by atoms with Gasteiger partial charge in [0.2, 0.25) is 0 Å². The molecule has 2 aliphatic rings. The van der Waals surface area contributed by atoms with E-state index < -0.39 is 0 Å². The number of carbonyl (C=O) groups excluding carboxylic acids is 1. The van der Waals surface area contributed by atoms with Gasteiger partial charge in [0.05, 0.1) is 0 Å². The summed E-state index contributed by atoms with van der Waals surface area (Å²) in [6, 6.07) is 21.2. The fraction of sp³-hybridized carbons (Fsp3) is 0.280. The average molecular weight is 383 g/mol. The summed E-state index contributed by atoms with van der Waals surface area (Å²) < 4.78 is 0. The molecule has 0 unspecified atom stereocenters. The van der Waals surface area contributed by atoms with Gasteiger partial charge in [-0.25, -0.2) is 0 Å². The number of hydrogen-bond acceptors (Lipinski definition) is 3. The Labute approximate surface area is 171 Å². The Morgan fingerprint density at radius 2 is 1.48 bits per heavy atom. The molecule has 0 saturated carbocycles. The van der Waals surface area contributed by atoms with Crippen molar-refractivity contribution in [3.63, 3.8) is 0 Å². The molecule has 1 fully saturated rings. The van der Waals surface area contributed by atoms with Crippen LogP contribution in [0.4, 0.5) is 0 Å². The zero-order valence-electron chi connectivity index (χ0n) is 16.5. The molecule has 1 amide bonds. The Kier molecular flexibility index (Phi) is 4.86. The number of piperazine rings is 1. The molecule has 1 saturated heterocycles. The molecule has 0 N–H and O–H groups in total. The van der Waals surface area contributed by atoms with E-state index in [1.165, 1.54) is 11.1 Å². The molecule has 0 radical (unpaired) electrons. The molecule has 0 atom stereocenters. The van der Waals surface area contributed by atoms with Crippen molar-refractivity contribution in [2.75, 3.05) is 26.2 Å². The highest BCUT2D eigenvalue weighted by Crippen LogP contribution is 2.26. The second kappa shape index (κ2) is 7.80. The second-order valence-corrected chi connectivity index (χ2v) is 7.98. The minimum absolute atomic E-state index is 0.135. The molecule has 5 rings (SSSR count). The van der Waals surface area contributed by atoms with Gasteiger partial charge in [-0.1, -0.05) is 36.4 Å². The van der Waals surface area contributed by atoms with Crippen molar-refractivity contribution < 1.29 is 4.79 Å². The number of carbonyl (C=O) groups is 1. The maximum Gasteiger partial charge on any atom is 0.253 e. The summed E-state index contributed by atoms with van der Waals surface area (Å²) in [6.45, 7) is 3.50. The van der Waals surface area contributed by atoms with Crippen LogP contribution in [-0.2, 0) is 12.8 Å². The van der Waals surface area contributed by atoms with Gasteiger partial charge in [0.25, 0.3) is 5.91 Å². The lowest BCUT2D eigenvalue weighted by Gasteiger charge is -2.38. The number of rotatable bonds is 3. The number of pyridine rings is 1. The van der Waals surface area contributed by atoms with E-state index in [2.05, 4.69) is 34.1 Å². The highest BCUT2D eigenvalue weighted by Gasteiger charge is 2.30. The van der Waals surface area contributed by atoms with Crippen molar-refractivity contribution in [2.45, 2.75) is 18.9 Å². The Bertz CT molecular complexity index is 984. The van der Waals surface area contributed by atoms with Gasteiger partial charge < -0.3 is 4.90 Å². The third-order valence-electron chi connectivity index (χ3n) is 6.27. The fourth-order valence-electron chi connectivity index (χ4n) is 4.64. The smallest absolute Gasteiger partial charge is 0.253 e. The van der Waals surface area contributed by atoms with Crippen LogP contribution >= 0.6 is 0 Å². The average Bonchev–Trinajstić information content (AvgIpc) is 3.24. The van der Waals surface area contributed by atoms with Gasteiger partial charge in [-0.15, -0.1) is 0 Å². The van der Waals surface area contributed by atoms with Crippen molar-refractivity contribution in [2.24, 2.45) is 0 Å². The van der Waals surface area contributed by atoms with Crippen molar-refractivity contribution in [3.05, 3.63) is 89.7 Å². The molecule has 0 bridgehead atoms. The maximum atomic E-state index is 13.1. The van der Waals surface area contributed by atoms with E-state index in [-0.39, 0.29) is 5.91 Å². The molecular weight excluding hydrogens is 358 g/mol. The lowest BCUT2D eigenvalue weighted by molar-refractivity contribution is 0.0576. The number of aromatic nitrogens is 1. The van der Waals surface area contributed by atoms with Crippen LogP contribution in [0.25, 0.3) is 11.1 Å². The van der Waals surface area contributed by atoms with Crippen LogP contribution in [0.5, 0.6) is 0 Å². The highest BCUT2D eigenvalue weighted by molar-refractivity contribution is 5.95. The molecular formula is C25H25N3O. The zero-order chi connectivity index (χ0) is 19.6. The van der Waals surface area contributed by atoms with E-state index in [4.69, 9.17) is 0 Å². The zero-order valence-corrected chi connectivity index (χ0v) is 16.5. The summed E-state index contributed by atoms with van der Waals surface area (Å²) in [6.07, 6.45) is 5.84. The minimum atomic E-state index is 0.135. The molecule has 0 spiro atoms. The van der Waals surface area contributed by atoms with E-state index in [0.717, 1.165) is 55.7 Å². The molecule has 146 valence electrons. The molecule has 2 heterocycles. The number of benzene rings is 2. The van der Waals surface area contributed by atoms with E-state index in [1.807, 2.05) is 41.3 Å². The summed E-state index contributed by atoms with van der Waals surface area (Å²) in [5, 5.41) is 0. The second-order valence-electron chi connectivity index (χ2n) is 7.98. The molecule has 4 nitrogen and oxygen atoms in total. The third kappa shape index (κ3) is 3.68. The van der Waals surface area contributed by atoms with Crippen LogP contribution in [0.15, 0.2) is 73.1 Å². The largest absolute Gasteiger partial charge is 0.336 e. The Balaban J connectivity index is 1.23. The first-order chi connectivity index (χ1) is 14.3. The Hall–Kier alpha value is -2.98. The topological polar surface area (TPSA) is 36.4 Å². The van der Waals surface area contributed by atoms with Crippen LogP contribution in [0.3, 0.4) is 0 Å². The summed E-state index contributed by atoms with van der Waals surface area (Å²) in [5.74, 6) is 0.135. The molecule has 2 aromatic carbocycles. The van der Waals surface area contributed by atoms with Crippen molar-refractivity contribution in [1.29, 1.82) is 0 Å². The van der Waals surface area contributed by atoms with Crippen LogP contribution in [0.2, 0.25) is 0 Å². The Morgan fingerprint density at radius 1 is 0.793 bits per heavy atom. The van der Waals surface area contributed by atoms with Crippen LogP contribution in [0, 0.1) is 0 Å². The maximum absolute atomic E-state index is 13.1. The molecule has 29 heavy (non-hydrogen) atoms. The highest BCUT2D eigenvalue weighted by atomic mass is 16.2. The molecule has 1 aliphatic carbocycles. The first-order valence-electron chi connectivity index (χ1n) is 10.4. The van der Waals surface area contributed by atoms with E-state index >= 15 is 0 Å². The van der Waals surface area contributed by atoms with Gasteiger partial charge in [-0.05, 0) is 59.4 Å². The van der Waals surface area contributed by atoms with Crippen molar-refractivity contribution >= 4 is 5.91 Å². The normalized spacial score (nSPS) is 17.3. The lowest BCUT2D eigenvalue weighted by Crippen LogP contribution is -2.52. The molecule has 1 aromatic heterocycles. The SMILES string of the molecule is O=C(c1cccc(-c2ccncc2)c1)N1CCN(C2Cc3ccccc3C2)CC1. The Morgan fingerprint density at radius 3 is 2.17 bits per heavy atom. The molecule has 1 aliphatic heterocycles. The van der Waals surface area contributed by atoms with Gasteiger partial charge in [0, 0.05) is 50.2 Å². The van der Waals surface area contributed by atoms with Crippen LogP contribution in [0.1, 0.15) is 21.5 Å². The quantitative estimate of drug-likeness (QED) is 0.692. The number of nitrogens with zero attached hydrogens (tertiary/aromatic N) is 3. The monoisotopic (exact) mass is 383 g/mol. The van der Waals surface area contributed by atoms with Crippen LogP contribution < -0.4 is 0 Å². The summed E-state index contributed by atoms with van der Waals surface area (Å²) in [4.78, 5) is 21.7. The van der Waals surface area contributed by atoms with Gasteiger partial charge >= 0.3 is 0 Å². The van der Waals surface area contributed by atoms with Gasteiger partial charge in [-0.2, -0.15) is 0 Å². The molecule has 4 heteroatoms. The standard InChI is InChI=1S/C25H25N3O/c29-25(23-7-3-6-20(16-23)19-8-10-26-11-9-19)28-14-12-27(13-15-28)24-17-21-4-1-2-5-22(21)18-24/h1-11,16,24H,12-15,17-18H2. The first-order valence-corrected chi connectivity index (χ1v) is 10.4. The van der Waals surface area contributed by atoms with E-state index in [0.29, 0.717) is 6.04 Å². The lowest BCUT2D eigenvalue weighted by atomic mass is 10.0. The summed E-state index contributed by atoms with van der Waals surface area (Å²) in [5.41, 5.74) is 5.88. The van der Waals surface area contributed by atoms with Crippen LogP contribution in [-0.4, -0.2) is 52.9 Å². The predicted octanol–water partition coefficient (Wildman–Crippen LogP) is 3.67. The van der Waals surface area contributed by atoms with Crippen molar-refractivity contribution in [3.8, 4) is 11.1 Å². The molecule has 3 aromatic rings. The van der Waals surface area contributed by atoms with Gasteiger partial charge in [-0.3, -0.25) is 14.7 Å². The number of fused-ring (bicyclic) bond motifs is 1. The fourth-order valence-corrected chi connectivity index (χ4v) is 4.64. The first kappa shape index (κ1) is 18.1. The minimum Gasteiger partial charge on any atom is -0.336 e. The van der Waals surface area contributed by atoms with E-state index in [1.54, 1.807) is 12.4 Å². The summed E-state index contributed by atoms with van der Waals surface area (Å²) >= 11 is 0. The number of amides is 1. The van der Waals surface area contributed by atoms with Gasteiger partial charge in [0.1, 0.15) is 0 Å².